The van der Waals surface area contributed by atoms with Gasteiger partial charge in [-0.2, -0.15) is 0 Å². The first-order valence-corrected chi connectivity index (χ1v) is 26.6. The summed E-state index contributed by atoms with van der Waals surface area (Å²) in [5.41, 5.74) is 13.8. The van der Waals surface area contributed by atoms with Crippen LogP contribution in [0.25, 0.3) is 21.7 Å². The van der Waals surface area contributed by atoms with E-state index in [0.29, 0.717) is 29.0 Å². The number of nitrogens with one attached hydrogen (secondary N) is 2. The quantitative estimate of drug-likeness (QED) is 0.0961. The number of aryl methyl sites for hydroxylation is 1. The molecule has 380 valence electrons. The van der Waals surface area contributed by atoms with E-state index >= 15 is 0 Å². The van der Waals surface area contributed by atoms with Gasteiger partial charge in [0.25, 0.3) is 0 Å². The number of para-hydroxylation sites is 1. The van der Waals surface area contributed by atoms with Gasteiger partial charge in [-0.1, -0.05) is 57.2 Å². The summed E-state index contributed by atoms with van der Waals surface area (Å²) >= 11 is 1.59. The van der Waals surface area contributed by atoms with E-state index in [1.54, 1.807) is 23.5 Å². The lowest BCUT2D eigenvalue weighted by molar-refractivity contribution is -0.144. The standard InChI is InChI=1S/C54H68N12O5S/c1-32-47(72-31-59-32)35-11-9-33(10-12-35)25-56-51(70)45-23-41(67)30-65(45)52(71)48(54(2,3)4)60-50(69)36-13-15-38(16-14-36)63-21-19-34(20-22-63)37-26-57-53(58-27-37)66-39-17-18-40(66)29-64(28-39)44-24-43(61-62-49(44)55)42-7-5-6-8-46(42)68/h5-12,24,26-27,31,34,36,38-41,45,48,67-68H,13-23,25,28-30H2,1-4H3,(H2,55,62)(H,56,70)(H,60,69)/t36-,38+,39?,40?,41-,45-,48+/m0/s1. The fourth-order valence-corrected chi connectivity index (χ4v) is 12.7. The van der Waals surface area contributed by atoms with E-state index < -0.39 is 23.6 Å². The number of fused-ring (bicyclic) bond motifs is 2. The summed E-state index contributed by atoms with van der Waals surface area (Å²) in [6.45, 7) is 11.6. The molecule has 5 fully saturated rings. The maximum Gasteiger partial charge on any atom is 0.246 e. The molecular weight excluding hydrogens is 929 g/mol. The van der Waals surface area contributed by atoms with Gasteiger partial charge in [-0.3, -0.25) is 14.4 Å². The lowest BCUT2D eigenvalue weighted by Gasteiger charge is -2.42. The molecule has 72 heavy (non-hydrogen) atoms. The Hall–Kier alpha value is -6.24. The number of nitrogens with two attached hydrogens (primary N) is 1. The molecule has 1 saturated carbocycles. The van der Waals surface area contributed by atoms with Crippen LogP contribution >= 0.6 is 11.3 Å². The molecule has 2 unspecified atom stereocenters. The van der Waals surface area contributed by atoms with Crippen molar-refractivity contribution in [2.45, 2.75) is 134 Å². The number of anilines is 3. The number of aliphatic hydroxyl groups is 1. The highest BCUT2D eigenvalue weighted by Gasteiger charge is 2.46. The number of rotatable bonds is 12. The lowest BCUT2D eigenvalue weighted by Crippen LogP contribution is -2.58. The Kier molecular flexibility index (Phi) is 14.2. The van der Waals surface area contributed by atoms with Crippen LogP contribution in [0.4, 0.5) is 17.5 Å². The molecule has 18 heteroatoms. The van der Waals surface area contributed by atoms with Gasteiger partial charge in [-0.15, -0.1) is 21.5 Å². The number of nitrogens with zero attached hydrogens (tertiary/aromatic N) is 9. The number of amides is 3. The van der Waals surface area contributed by atoms with Crippen LogP contribution in [0.2, 0.25) is 0 Å². The molecule has 4 aliphatic heterocycles. The summed E-state index contributed by atoms with van der Waals surface area (Å²) in [6.07, 6.45) is 10.8. The molecule has 1 aliphatic carbocycles. The summed E-state index contributed by atoms with van der Waals surface area (Å²) in [5.74, 6) is 0.708. The second kappa shape index (κ2) is 20.7. The molecule has 2 bridgehead atoms. The molecule has 5 atom stereocenters. The number of nitrogen functional groups attached to an aromatic ring is 1. The highest BCUT2D eigenvalue weighted by Crippen LogP contribution is 2.40. The van der Waals surface area contributed by atoms with Gasteiger partial charge < -0.3 is 46.2 Å². The number of likely N-dealkylation sites (tertiary alicyclic amines) is 2. The molecule has 6 N–H and O–H groups in total. The van der Waals surface area contributed by atoms with Gasteiger partial charge in [0, 0.05) is 74.6 Å². The Labute approximate surface area is 425 Å². The summed E-state index contributed by atoms with van der Waals surface area (Å²) in [4.78, 5) is 66.0. The molecule has 3 aromatic heterocycles. The van der Waals surface area contributed by atoms with E-state index in [9.17, 15) is 24.6 Å². The van der Waals surface area contributed by atoms with Crippen LogP contribution in [0.3, 0.4) is 0 Å². The van der Waals surface area contributed by atoms with E-state index in [1.807, 2.05) is 88.1 Å². The minimum Gasteiger partial charge on any atom is -0.507 e. The fourth-order valence-electron chi connectivity index (χ4n) is 11.9. The third-order valence-electron chi connectivity index (χ3n) is 16.0. The Morgan fingerprint density at radius 2 is 1.53 bits per heavy atom. The molecule has 0 radical (unpaired) electrons. The molecule has 0 spiro atoms. The number of piperazine rings is 1. The number of aromatic hydroxyl groups is 1. The zero-order valence-corrected chi connectivity index (χ0v) is 42.6. The Morgan fingerprint density at radius 3 is 2.18 bits per heavy atom. The van der Waals surface area contributed by atoms with Crippen molar-refractivity contribution in [3.05, 3.63) is 89.3 Å². The molecule has 5 aromatic rings. The number of β-amino-alcohol motifs (C(OH)–C–C–N with tert-alkyl or cyclic N) is 1. The summed E-state index contributed by atoms with van der Waals surface area (Å²) < 4.78 is 0. The number of carbonyl (C=O) groups excluding carboxylic acids is 3. The topological polar surface area (TPSA) is 219 Å². The van der Waals surface area contributed by atoms with Crippen molar-refractivity contribution < 1.29 is 24.6 Å². The van der Waals surface area contributed by atoms with Crippen molar-refractivity contribution >= 4 is 46.5 Å². The van der Waals surface area contributed by atoms with Gasteiger partial charge in [0.15, 0.2) is 5.82 Å². The van der Waals surface area contributed by atoms with Crippen LogP contribution in [-0.2, 0) is 20.9 Å². The Balaban J connectivity index is 0.686. The average Bonchev–Trinajstić information content (AvgIpc) is 4.08. The van der Waals surface area contributed by atoms with Gasteiger partial charge in [0.2, 0.25) is 23.7 Å². The van der Waals surface area contributed by atoms with E-state index in [0.717, 1.165) is 111 Å². The van der Waals surface area contributed by atoms with Gasteiger partial charge >= 0.3 is 0 Å². The second-order valence-electron chi connectivity index (χ2n) is 21.7. The smallest absolute Gasteiger partial charge is 0.246 e. The number of thiazole rings is 1. The first-order chi connectivity index (χ1) is 34.7. The highest BCUT2D eigenvalue weighted by atomic mass is 32.1. The second-order valence-corrected chi connectivity index (χ2v) is 22.6. The first-order valence-electron chi connectivity index (χ1n) is 25.7. The predicted octanol–water partition coefficient (Wildman–Crippen LogP) is 6.06. The number of aromatic nitrogens is 5. The SMILES string of the molecule is Cc1ncsc1-c1ccc(CNC(=O)[C@@H]2C[C@H](O)CN2C(=O)[C@@H](NC(=O)[C@H]2CC[C@@H](N3CCC(c4cnc(N5C6CCC5CN(c5cc(-c7ccccc7O)nnc5N)C6)nc4)CC3)CC2)C(C)(C)C)cc1. The number of benzene rings is 2. The van der Waals surface area contributed by atoms with Gasteiger partial charge in [0.05, 0.1) is 33.6 Å². The maximum absolute atomic E-state index is 14.3. The molecule has 5 aliphatic rings. The minimum atomic E-state index is -0.856. The normalized spacial score (nSPS) is 24.3. The van der Waals surface area contributed by atoms with Crippen molar-refractivity contribution in [3.63, 3.8) is 0 Å². The monoisotopic (exact) mass is 997 g/mol. The number of phenolic OH excluding ortho intramolecular Hbond substituents is 1. The van der Waals surface area contributed by atoms with Crippen LogP contribution in [0.1, 0.15) is 101 Å². The number of hydrogen-bond donors (Lipinski definition) is 5. The molecule has 10 rings (SSSR count). The molecule has 2 aromatic carbocycles. The lowest BCUT2D eigenvalue weighted by atomic mass is 9.81. The Morgan fingerprint density at radius 1 is 0.847 bits per heavy atom. The highest BCUT2D eigenvalue weighted by molar-refractivity contribution is 7.13. The van der Waals surface area contributed by atoms with Gasteiger partial charge in [-0.05, 0) is 118 Å². The number of aliphatic hydroxyl groups excluding tert-OH is 1. The van der Waals surface area contributed by atoms with Gasteiger partial charge in [0.1, 0.15) is 17.8 Å². The van der Waals surface area contributed by atoms with Crippen molar-refractivity contribution in [2.75, 3.05) is 48.3 Å². The minimum absolute atomic E-state index is 0.0372. The zero-order valence-electron chi connectivity index (χ0n) is 41.8. The van der Waals surface area contributed by atoms with Crippen molar-refractivity contribution in [3.8, 4) is 27.4 Å². The Bertz CT molecular complexity index is 2720. The van der Waals surface area contributed by atoms with E-state index in [1.165, 1.54) is 10.5 Å². The number of hydrogen-bond acceptors (Lipinski definition) is 15. The van der Waals surface area contributed by atoms with E-state index in [2.05, 4.69) is 40.5 Å². The van der Waals surface area contributed by atoms with E-state index in [4.69, 9.17) is 15.7 Å². The molecule has 7 heterocycles. The average molecular weight is 997 g/mol. The van der Waals surface area contributed by atoms with Crippen LogP contribution in [0, 0.1) is 18.3 Å². The van der Waals surface area contributed by atoms with E-state index in [-0.39, 0.29) is 61.0 Å². The summed E-state index contributed by atoms with van der Waals surface area (Å²) in [5, 5.41) is 35.8. The molecular formula is C54H68N12O5S. The van der Waals surface area contributed by atoms with Gasteiger partial charge in [-0.25, -0.2) is 15.0 Å². The van der Waals surface area contributed by atoms with Crippen LogP contribution in [0.5, 0.6) is 5.75 Å². The third kappa shape index (κ3) is 10.4. The third-order valence-corrected chi connectivity index (χ3v) is 16.9. The molecule has 3 amide bonds. The van der Waals surface area contributed by atoms with Crippen molar-refractivity contribution in [1.29, 1.82) is 0 Å². The number of piperidine rings is 1. The number of carbonyl (C=O) groups is 3. The number of phenols is 1. The van der Waals surface area contributed by atoms with Crippen LogP contribution < -0.4 is 26.2 Å². The van der Waals surface area contributed by atoms with Crippen LogP contribution in [-0.4, -0.2) is 132 Å². The first kappa shape index (κ1) is 49.3. The van der Waals surface area contributed by atoms with Crippen molar-refractivity contribution in [2.24, 2.45) is 11.3 Å². The summed E-state index contributed by atoms with van der Waals surface area (Å²) in [7, 11) is 0. The molecule has 4 saturated heterocycles. The maximum atomic E-state index is 14.3. The van der Waals surface area contributed by atoms with Crippen LogP contribution in [0.15, 0.2) is 72.5 Å². The molecule has 17 nitrogen and oxygen atoms in total. The predicted molar refractivity (Wildman–Crippen MR) is 278 cm³/mol. The zero-order chi connectivity index (χ0) is 50.3. The summed E-state index contributed by atoms with van der Waals surface area (Å²) in [6, 6.07) is 16.2. The fraction of sp³-hybridized carbons (Fsp3) is 0.519. The van der Waals surface area contributed by atoms with Crippen molar-refractivity contribution in [1.82, 2.24) is 45.6 Å². The largest absolute Gasteiger partial charge is 0.507 e.